The first-order valence-electron chi connectivity index (χ1n) is 7.09. The molecule has 108 valence electrons. The van der Waals surface area contributed by atoms with Gasteiger partial charge in [0.15, 0.2) is 5.65 Å². The monoisotopic (exact) mass is 282 g/mol. The molecule has 0 radical (unpaired) electrons. The fourth-order valence-corrected chi connectivity index (χ4v) is 2.44. The maximum atomic E-state index is 5.75. The van der Waals surface area contributed by atoms with Gasteiger partial charge < -0.3 is 10.5 Å². The largest absolute Gasteiger partial charge is 0.494 e. The van der Waals surface area contributed by atoms with Crippen LogP contribution in [-0.4, -0.2) is 27.7 Å². The number of nitrogens with zero attached hydrogens (tertiary/aromatic N) is 3. The Labute approximate surface area is 123 Å². The summed E-state index contributed by atoms with van der Waals surface area (Å²) in [5.74, 6) is 0.846. The quantitative estimate of drug-likeness (QED) is 0.780. The van der Waals surface area contributed by atoms with E-state index in [9.17, 15) is 0 Å². The standard InChI is InChI=1S/C16H18N4O/c1-2-21-13-6-3-5-12(11-13)15-14(7-8-17)16-18-9-4-10-20(16)19-15/h3-6,9-11H,2,7-8,17H2,1H3. The van der Waals surface area contributed by atoms with Crippen LogP contribution in [0.3, 0.4) is 0 Å². The minimum Gasteiger partial charge on any atom is -0.494 e. The summed E-state index contributed by atoms with van der Waals surface area (Å²) in [6.07, 6.45) is 4.42. The van der Waals surface area contributed by atoms with Crippen molar-refractivity contribution in [1.82, 2.24) is 14.6 Å². The molecule has 0 bridgehead atoms. The van der Waals surface area contributed by atoms with E-state index < -0.39 is 0 Å². The number of rotatable bonds is 5. The molecule has 0 aliphatic carbocycles. The third kappa shape index (κ3) is 2.60. The van der Waals surface area contributed by atoms with Crippen molar-refractivity contribution < 1.29 is 4.74 Å². The van der Waals surface area contributed by atoms with E-state index in [1.165, 1.54) is 0 Å². The lowest BCUT2D eigenvalue weighted by molar-refractivity contribution is 0.340. The first kappa shape index (κ1) is 13.6. The van der Waals surface area contributed by atoms with Crippen LogP contribution in [0.5, 0.6) is 5.75 Å². The molecule has 0 fully saturated rings. The highest BCUT2D eigenvalue weighted by atomic mass is 16.5. The van der Waals surface area contributed by atoms with Crippen molar-refractivity contribution in [3.63, 3.8) is 0 Å². The number of aromatic nitrogens is 3. The number of ether oxygens (including phenoxy) is 1. The van der Waals surface area contributed by atoms with Crippen LogP contribution in [0.2, 0.25) is 0 Å². The Kier molecular flexibility index (Phi) is 3.83. The van der Waals surface area contributed by atoms with Gasteiger partial charge in [0.05, 0.1) is 12.3 Å². The summed E-state index contributed by atoms with van der Waals surface area (Å²) >= 11 is 0. The maximum Gasteiger partial charge on any atom is 0.158 e. The molecular formula is C16H18N4O. The summed E-state index contributed by atoms with van der Waals surface area (Å²) < 4.78 is 7.37. The highest BCUT2D eigenvalue weighted by Crippen LogP contribution is 2.28. The van der Waals surface area contributed by atoms with Crippen LogP contribution in [0.1, 0.15) is 12.5 Å². The molecule has 1 aromatic carbocycles. The fourth-order valence-electron chi connectivity index (χ4n) is 2.44. The van der Waals surface area contributed by atoms with Gasteiger partial charge in [-0.25, -0.2) is 9.50 Å². The maximum absolute atomic E-state index is 5.75. The predicted molar refractivity (Wildman–Crippen MR) is 82.4 cm³/mol. The lowest BCUT2D eigenvalue weighted by atomic mass is 10.1. The molecule has 0 atom stereocenters. The molecule has 0 aliphatic rings. The number of hydrogen-bond acceptors (Lipinski definition) is 4. The van der Waals surface area contributed by atoms with E-state index in [-0.39, 0.29) is 0 Å². The van der Waals surface area contributed by atoms with Crippen LogP contribution in [0.15, 0.2) is 42.7 Å². The van der Waals surface area contributed by atoms with Crippen LogP contribution in [0, 0.1) is 0 Å². The lowest BCUT2D eigenvalue weighted by Crippen LogP contribution is -2.04. The van der Waals surface area contributed by atoms with Gasteiger partial charge in [0.1, 0.15) is 5.75 Å². The van der Waals surface area contributed by atoms with Gasteiger partial charge in [0.25, 0.3) is 0 Å². The average Bonchev–Trinajstić information content (AvgIpc) is 2.88. The molecule has 0 unspecified atom stereocenters. The van der Waals surface area contributed by atoms with Gasteiger partial charge in [0, 0.05) is 23.5 Å². The van der Waals surface area contributed by atoms with Crippen LogP contribution in [0.25, 0.3) is 16.9 Å². The van der Waals surface area contributed by atoms with Crippen molar-refractivity contribution in [2.45, 2.75) is 13.3 Å². The van der Waals surface area contributed by atoms with E-state index >= 15 is 0 Å². The number of nitrogens with two attached hydrogens (primary N) is 1. The smallest absolute Gasteiger partial charge is 0.158 e. The van der Waals surface area contributed by atoms with E-state index in [4.69, 9.17) is 10.5 Å². The Morgan fingerprint density at radius 1 is 1.29 bits per heavy atom. The van der Waals surface area contributed by atoms with Crippen molar-refractivity contribution in [2.24, 2.45) is 5.73 Å². The molecule has 2 heterocycles. The second kappa shape index (κ2) is 5.93. The van der Waals surface area contributed by atoms with Gasteiger partial charge in [-0.3, -0.25) is 0 Å². The molecule has 5 heteroatoms. The molecule has 0 amide bonds. The van der Waals surface area contributed by atoms with Crippen molar-refractivity contribution in [2.75, 3.05) is 13.2 Å². The van der Waals surface area contributed by atoms with E-state index in [0.717, 1.165) is 34.6 Å². The molecule has 3 rings (SSSR count). The van der Waals surface area contributed by atoms with Crippen molar-refractivity contribution in [3.05, 3.63) is 48.3 Å². The van der Waals surface area contributed by atoms with Gasteiger partial charge >= 0.3 is 0 Å². The van der Waals surface area contributed by atoms with E-state index in [0.29, 0.717) is 13.2 Å². The minimum atomic E-state index is 0.566. The van der Waals surface area contributed by atoms with Crippen LogP contribution < -0.4 is 10.5 Å². The Hall–Kier alpha value is -2.40. The normalized spacial score (nSPS) is 11.0. The summed E-state index contributed by atoms with van der Waals surface area (Å²) in [5, 5.41) is 4.65. The van der Waals surface area contributed by atoms with E-state index in [2.05, 4.69) is 10.1 Å². The Bertz CT molecular complexity index is 751. The minimum absolute atomic E-state index is 0.566. The number of hydrogen-bond donors (Lipinski definition) is 1. The first-order valence-corrected chi connectivity index (χ1v) is 7.09. The second-order valence-corrected chi connectivity index (χ2v) is 4.71. The molecule has 0 spiro atoms. The van der Waals surface area contributed by atoms with Gasteiger partial charge in [-0.1, -0.05) is 12.1 Å². The zero-order valence-electron chi connectivity index (χ0n) is 12.0. The van der Waals surface area contributed by atoms with Gasteiger partial charge in [-0.2, -0.15) is 5.10 Å². The molecule has 0 saturated carbocycles. The third-order valence-corrected chi connectivity index (χ3v) is 3.30. The molecule has 0 saturated heterocycles. The molecule has 21 heavy (non-hydrogen) atoms. The topological polar surface area (TPSA) is 65.4 Å². The first-order chi connectivity index (χ1) is 10.3. The summed E-state index contributed by atoms with van der Waals surface area (Å²) in [6, 6.07) is 9.83. The zero-order valence-corrected chi connectivity index (χ0v) is 12.0. The summed E-state index contributed by atoms with van der Waals surface area (Å²) in [6.45, 7) is 3.18. The van der Waals surface area contributed by atoms with Crippen molar-refractivity contribution >= 4 is 5.65 Å². The van der Waals surface area contributed by atoms with E-state index in [1.807, 2.05) is 43.5 Å². The SMILES string of the molecule is CCOc1cccc(-c2nn3cccnc3c2CCN)c1. The summed E-state index contributed by atoms with van der Waals surface area (Å²) in [7, 11) is 0. The average molecular weight is 282 g/mol. The Morgan fingerprint density at radius 3 is 3.00 bits per heavy atom. The van der Waals surface area contributed by atoms with Gasteiger partial charge in [-0.05, 0) is 38.1 Å². The molecule has 2 aromatic heterocycles. The fraction of sp³-hybridized carbons (Fsp3) is 0.250. The van der Waals surface area contributed by atoms with Crippen LogP contribution in [-0.2, 0) is 6.42 Å². The van der Waals surface area contributed by atoms with Crippen molar-refractivity contribution in [3.8, 4) is 17.0 Å². The lowest BCUT2D eigenvalue weighted by Gasteiger charge is -2.05. The summed E-state index contributed by atoms with van der Waals surface area (Å²) in [4.78, 5) is 4.42. The molecule has 2 N–H and O–H groups in total. The Balaban J connectivity index is 2.14. The Morgan fingerprint density at radius 2 is 2.19 bits per heavy atom. The number of benzene rings is 1. The number of fused-ring (bicyclic) bond motifs is 1. The van der Waals surface area contributed by atoms with Crippen LogP contribution in [0.4, 0.5) is 0 Å². The summed E-state index contributed by atoms with van der Waals surface area (Å²) in [5.41, 5.74) is 9.62. The van der Waals surface area contributed by atoms with Crippen LogP contribution >= 0.6 is 0 Å². The van der Waals surface area contributed by atoms with Gasteiger partial charge in [0.2, 0.25) is 0 Å². The molecule has 3 aromatic rings. The van der Waals surface area contributed by atoms with Gasteiger partial charge in [-0.15, -0.1) is 0 Å². The molecule has 5 nitrogen and oxygen atoms in total. The third-order valence-electron chi connectivity index (χ3n) is 3.30. The molecule has 0 aliphatic heterocycles. The second-order valence-electron chi connectivity index (χ2n) is 4.71. The predicted octanol–water partition coefficient (Wildman–Crippen LogP) is 2.30. The molecular weight excluding hydrogens is 264 g/mol. The highest BCUT2D eigenvalue weighted by molar-refractivity contribution is 5.71. The zero-order chi connectivity index (χ0) is 14.7. The van der Waals surface area contributed by atoms with Crippen molar-refractivity contribution in [1.29, 1.82) is 0 Å². The highest BCUT2D eigenvalue weighted by Gasteiger charge is 2.15. The van der Waals surface area contributed by atoms with E-state index in [1.54, 1.807) is 10.7 Å².